The maximum atomic E-state index is 11.6. The Bertz CT molecular complexity index is 193. The first-order valence-electron chi connectivity index (χ1n) is 5.20. The van der Waals surface area contributed by atoms with Gasteiger partial charge in [0, 0.05) is 19.6 Å². The van der Waals surface area contributed by atoms with E-state index in [-0.39, 0.29) is 12.5 Å². The lowest BCUT2D eigenvalue weighted by Gasteiger charge is -2.24. The van der Waals surface area contributed by atoms with E-state index in [9.17, 15) is 4.79 Å². The monoisotopic (exact) mass is 200 g/mol. The van der Waals surface area contributed by atoms with Gasteiger partial charge in [0.15, 0.2) is 0 Å². The van der Waals surface area contributed by atoms with E-state index >= 15 is 0 Å². The number of carbonyl (C=O) groups is 1. The van der Waals surface area contributed by atoms with Crippen LogP contribution in [0.4, 0.5) is 0 Å². The molecular formula is C10H20N2O2. The third-order valence-electron chi connectivity index (χ3n) is 2.80. The van der Waals surface area contributed by atoms with Gasteiger partial charge in [0.25, 0.3) is 0 Å². The van der Waals surface area contributed by atoms with Gasteiger partial charge in [-0.1, -0.05) is 0 Å². The maximum absolute atomic E-state index is 11.6. The van der Waals surface area contributed by atoms with Gasteiger partial charge in [0.2, 0.25) is 5.91 Å². The number of hydrogen-bond donors (Lipinski definition) is 1. The lowest BCUT2D eigenvalue weighted by molar-refractivity contribution is -0.136. The summed E-state index contributed by atoms with van der Waals surface area (Å²) in [5.41, 5.74) is 5.26. The number of likely N-dealkylation sites (N-methyl/N-ethyl adjacent to an activating group) is 1. The average molecular weight is 200 g/mol. The van der Waals surface area contributed by atoms with E-state index in [1.165, 1.54) is 12.8 Å². The first-order chi connectivity index (χ1) is 6.66. The van der Waals surface area contributed by atoms with Crippen molar-refractivity contribution < 1.29 is 9.53 Å². The zero-order chi connectivity index (χ0) is 10.6. The smallest absolute Gasteiger partial charge is 0.248 e. The van der Waals surface area contributed by atoms with Crippen molar-refractivity contribution in [3.8, 4) is 0 Å². The third kappa shape index (κ3) is 3.27. The van der Waals surface area contributed by atoms with Crippen LogP contribution in [0.15, 0.2) is 0 Å². The summed E-state index contributed by atoms with van der Waals surface area (Å²) >= 11 is 0. The summed E-state index contributed by atoms with van der Waals surface area (Å²) in [4.78, 5) is 13.3. The summed E-state index contributed by atoms with van der Waals surface area (Å²) in [6.07, 6.45) is 2.50. The van der Waals surface area contributed by atoms with Crippen LogP contribution in [-0.2, 0) is 9.53 Å². The van der Waals surface area contributed by atoms with Gasteiger partial charge < -0.3 is 15.4 Å². The summed E-state index contributed by atoms with van der Waals surface area (Å²) in [6, 6.07) is 0.351. The normalized spacial score (nSPS) is 17.9. The molecule has 4 heteroatoms. The first kappa shape index (κ1) is 11.5. The van der Waals surface area contributed by atoms with Crippen LogP contribution in [0.3, 0.4) is 0 Å². The lowest BCUT2D eigenvalue weighted by Crippen LogP contribution is -2.38. The molecule has 1 aliphatic rings. The predicted molar refractivity (Wildman–Crippen MR) is 54.8 cm³/mol. The Morgan fingerprint density at radius 1 is 1.64 bits per heavy atom. The van der Waals surface area contributed by atoms with Gasteiger partial charge in [-0.15, -0.1) is 0 Å². The lowest BCUT2D eigenvalue weighted by atomic mass is 10.2. The number of hydrogen-bond acceptors (Lipinski definition) is 3. The van der Waals surface area contributed by atoms with Crippen molar-refractivity contribution in [3.63, 3.8) is 0 Å². The number of rotatable bonds is 6. The van der Waals surface area contributed by atoms with Crippen LogP contribution in [0.1, 0.15) is 19.8 Å². The van der Waals surface area contributed by atoms with Gasteiger partial charge in [-0.3, -0.25) is 4.79 Å². The van der Waals surface area contributed by atoms with E-state index in [1.807, 2.05) is 7.05 Å². The summed E-state index contributed by atoms with van der Waals surface area (Å²) in [7, 11) is 1.84. The Kier molecular flexibility index (Phi) is 4.35. The molecule has 1 aliphatic carbocycles. The summed E-state index contributed by atoms with van der Waals surface area (Å²) in [6.45, 7) is 3.18. The molecule has 1 unspecified atom stereocenters. The van der Waals surface area contributed by atoms with Crippen molar-refractivity contribution in [2.45, 2.75) is 25.8 Å². The summed E-state index contributed by atoms with van der Waals surface area (Å²) < 4.78 is 5.10. The van der Waals surface area contributed by atoms with Crippen LogP contribution in [-0.4, -0.2) is 43.7 Å². The second-order valence-corrected chi connectivity index (χ2v) is 3.92. The van der Waals surface area contributed by atoms with E-state index < -0.39 is 0 Å². The van der Waals surface area contributed by atoms with Crippen molar-refractivity contribution in [2.75, 3.05) is 26.8 Å². The van der Waals surface area contributed by atoms with Crippen LogP contribution < -0.4 is 5.73 Å². The van der Waals surface area contributed by atoms with Crippen LogP contribution in [0.2, 0.25) is 0 Å². The minimum absolute atomic E-state index is 0.0536. The number of ether oxygens (including phenoxy) is 1. The highest BCUT2D eigenvalue weighted by Crippen LogP contribution is 2.34. The second kappa shape index (κ2) is 5.32. The van der Waals surface area contributed by atoms with E-state index in [2.05, 4.69) is 6.92 Å². The van der Waals surface area contributed by atoms with Crippen molar-refractivity contribution in [1.82, 2.24) is 4.90 Å². The molecule has 1 fully saturated rings. The summed E-state index contributed by atoms with van der Waals surface area (Å²) in [5.74, 6) is 0.760. The highest BCUT2D eigenvalue weighted by atomic mass is 16.5. The summed E-state index contributed by atoms with van der Waals surface area (Å²) in [5, 5.41) is 0. The largest absolute Gasteiger partial charge is 0.370 e. The first-order valence-corrected chi connectivity index (χ1v) is 5.20. The number of carbonyl (C=O) groups excluding carboxylic acids is 1. The predicted octanol–water partition coefficient (Wildman–Crippen LogP) is 0.219. The molecule has 1 saturated carbocycles. The fourth-order valence-electron chi connectivity index (χ4n) is 1.47. The molecule has 0 aromatic carbocycles. The van der Waals surface area contributed by atoms with E-state index in [4.69, 9.17) is 10.5 Å². The zero-order valence-electron chi connectivity index (χ0n) is 9.03. The highest BCUT2D eigenvalue weighted by molar-refractivity contribution is 5.77. The van der Waals surface area contributed by atoms with Crippen molar-refractivity contribution >= 4 is 5.91 Å². The molecule has 0 saturated heterocycles. The topological polar surface area (TPSA) is 55.6 Å². The van der Waals surface area contributed by atoms with Gasteiger partial charge in [-0.05, 0) is 25.7 Å². The van der Waals surface area contributed by atoms with E-state index in [0.29, 0.717) is 25.1 Å². The van der Waals surface area contributed by atoms with Crippen molar-refractivity contribution in [3.05, 3.63) is 0 Å². The molecule has 4 nitrogen and oxygen atoms in total. The van der Waals surface area contributed by atoms with Crippen LogP contribution in [0.25, 0.3) is 0 Å². The van der Waals surface area contributed by atoms with Crippen LogP contribution >= 0.6 is 0 Å². The molecule has 2 N–H and O–H groups in total. The molecule has 0 aromatic rings. The van der Waals surface area contributed by atoms with Gasteiger partial charge in [0.1, 0.15) is 6.61 Å². The van der Waals surface area contributed by atoms with Crippen LogP contribution in [0.5, 0.6) is 0 Å². The Labute approximate surface area is 85.4 Å². The molecule has 1 atom stereocenters. The minimum atomic E-state index is 0.0536. The third-order valence-corrected chi connectivity index (χ3v) is 2.80. The van der Waals surface area contributed by atoms with Crippen molar-refractivity contribution in [1.29, 1.82) is 0 Å². The second-order valence-electron chi connectivity index (χ2n) is 3.92. The molecule has 0 aliphatic heterocycles. The van der Waals surface area contributed by atoms with Gasteiger partial charge in [0.05, 0.1) is 6.61 Å². The van der Waals surface area contributed by atoms with Gasteiger partial charge >= 0.3 is 0 Å². The Balaban J connectivity index is 2.20. The quantitative estimate of drug-likeness (QED) is 0.624. The highest BCUT2D eigenvalue weighted by Gasteiger charge is 2.32. The fourth-order valence-corrected chi connectivity index (χ4v) is 1.47. The molecule has 1 rings (SSSR count). The van der Waals surface area contributed by atoms with Gasteiger partial charge in [-0.2, -0.15) is 0 Å². The molecule has 0 spiro atoms. The number of nitrogens with two attached hydrogens (primary N) is 1. The standard InChI is InChI=1S/C10H20N2O2/c1-8(9-3-4-9)12(2)10(13)7-14-6-5-11/h8-9H,3-7,11H2,1-2H3. The van der Waals surface area contributed by atoms with E-state index in [0.717, 1.165) is 0 Å². The molecule has 1 amide bonds. The molecule has 0 heterocycles. The van der Waals surface area contributed by atoms with E-state index in [1.54, 1.807) is 4.90 Å². The number of nitrogens with zero attached hydrogens (tertiary/aromatic N) is 1. The Morgan fingerprint density at radius 2 is 2.29 bits per heavy atom. The molecular weight excluding hydrogens is 180 g/mol. The molecule has 0 radical (unpaired) electrons. The Hall–Kier alpha value is -0.610. The zero-order valence-corrected chi connectivity index (χ0v) is 9.03. The average Bonchev–Trinajstić information content (AvgIpc) is 2.99. The fraction of sp³-hybridized carbons (Fsp3) is 0.900. The minimum Gasteiger partial charge on any atom is -0.370 e. The molecule has 0 aromatic heterocycles. The number of amides is 1. The molecule has 82 valence electrons. The van der Waals surface area contributed by atoms with Crippen LogP contribution in [0, 0.1) is 5.92 Å². The maximum Gasteiger partial charge on any atom is 0.248 e. The molecule has 0 bridgehead atoms. The SMILES string of the molecule is CC(C1CC1)N(C)C(=O)COCCN. The Morgan fingerprint density at radius 3 is 2.79 bits per heavy atom. The van der Waals surface area contributed by atoms with Crippen molar-refractivity contribution in [2.24, 2.45) is 11.7 Å². The molecule has 14 heavy (non-hydrogen) atoms. The van der Waals surface area contributed by atoms with Gasteiger partial charge in [-0.25, -0.2) is 0 Å².